The molecular formula is C51H102NO8P. The number of hydrogen-bond donors (Lipinski definition) is 0. The highest BCUT2D eigenvalue weighted by Gasteiger charge is 2.21. The van der Waals surface area contributed by atoms with E-state index in [2.05, 4.69) is 13.8 Å². The number of likely N-dealkylation sites (N-methyl/N-ethyl adjacent to an activating group) is 1. The van der Waals surface area contributed by atoms with E-state index in [0.717, 1.165) is 32.1 Å². The number of quaternary nitrogens is 1. The first-order valence-corrected chi connectivity index (χ1v) is 27.7. The normalized spacial score (nSPS) is 13.3. The van der Waals surface area contributed by atoms with Crippen molar-refractivity contribution in [1.82, 2.24) is 0 Å². The second-order valence-corrected chi connectivity index (χ2v) is 20.7. The van der Waals surface area contributed by atoms with Crippen molar-refractivity contribution < 1.29 is 42.1 Å². The molecule has 0 bridgehead atoms. The molecule has 0 aromatic heterocycles. The third kappa shape index (κ3) is 48.3. The average molecular weight is 888 g/mol. The van der Waals surface area contributed by atoms with E-state index in [-0.39, 0.29) is 32.0 Å². The first-order chi connectivity index (χ1) is 29.5. The third-order valence-electron chi connectivity index (χ3n) is 11.9. The second kappa shape index (κ2) is 44.2. The lowest BCUT2D eigenvalue weighted by Crippen LogP contribution is -2.37. The van der Waals surface area contributed by atoms with Gasteiger partial charge in [0.2, 0.25) is 0 Å². The molecule has 0 aromatic rings. The summed E-state index contributed by atoms with van der Waals surface area (Å²) >= 11 is 0. The van der Waals surface area contributed by atoms with Crippen LogP contribution in [0.1, 0.15) is 264 Å². The van der Waals surface area contributed by atoms with Gasteiger partial charge in [-0.2, -0.15) is 0 Å². The van der Waals surface area contributed by atoms with Crippen LogP contribution in [0.5, 0.6) is 0 Å². The van der Waals surface area contributed by atoms with E-state index in [0.29, 0.717) is 17.4 Å². The number of esters is 2. The summed E-state index contributed by atoms with van der Waals surface area (Å²) < 4.78 is 34.1. The first kappa shape index (κ1) is 60.0. The van der Waals surface area contributed by atoms with Gasteiger partial charge >= 0.3 is 11.9 Å². The molecule has 0 spiro atoms. The molecule has 61 heavy (non-hydrogen) atoms. The lowest BCUT2D eigenvalue weighted by Gasteiger charge is -2.28. The van der Waals surface area contributed by atoms with E-state index in [1.165, 1.54) is 199 Å². The topological polar surface area (TPSA) is 111 Å². The summed E-state index contributed by atoms with van der Waals surface area (Å²) in [5, 5.41) is 0. The fraction of sp³-hybridized carbons (Fsp3) is 0.961. The fourth-order valence-corrected chi connectivity index (χ4v) is 8.50. The number of ether oxygens (including phenoxy) is 2. The van der Waals surface area contributed by atoms with Gasteiger partial charge in [0.05, 0.1) is 27.7 Å². The molecule has 10 heteroatoms. The molecule has 0 fully saturated rings. The van der Waals surface area contributed by atoms with Crippen LogP contribution in [0.3, 0.4) is 0 Å². The van der Waals surface area contributed by atoms with Crippen molar-refractivity contribution in [3.8, 4) is 0 Å². The van der Waals surface area contributed by atoms with E-state index in [4.69, 9.17) is 18.5 Å². The Balaban J connectivity index is 4.18. The molecule has 2 atom stereocenters. The molecule has 0 saturated heterocycles. The molecule has 0 aliphatic rings. The van der Waals surface area contributed by atoms with Gasteiger partial charge in [0, 0.05) is 12.8 Å². The lowest BCUT2D eigenvalue weighted by atomic mass is 10.0. The maximum atomic E-state index is 12.7. The maximum Gasteiger partial charge on any atom is 0.306 e. The van der Waals surface area contributed by atoms with Gasteiger partial charge in [0.15, 0.2) is 6.10 Å². The minimum atomic E-state index is -4.62. The molecule has 0 aliphatic heterocycles. The molecule has 0 N–H and O–H groups in total. The molecule has 0 heterocycles. The van der Waals surface area contributed by atoms with E-state index in [1.807, 2.05) is 21.1 Å². The van der Waals surface area contributed by atoms with Gasteiger partial charge in [0.1, 0.15) is 19.8 Å². The van der Waals surface area contributed by atoms with Crippen LogP contribution in [0.2, 0.25) is 0 Å². The van der Waals surface area contributed by atoms with E-state index in [1.54, 1.807) is 0 Å². The zero-order chi connectivity index (χ0) is 45.0. The summed E-state index contributed by atoms with van der Waals surface area (Å²) in [6, 6.07) is 0. The molecule has 364 valence electrons. The first-order valence-electron chi connectivity index (χ1n) is 26.2. The highest BCUT2D eigenvalue weighted by atomic mass is 31.2. The maximum absolute atomic E-state index is 12.7. The molecule has 0 amide bonds. The standard InChI is InChI=1S/C51H102NO8P/c1-6-8-10-12-14-16-18-20-22-24-25-26-28-30-32-34-36-38-40-42-44-51(54)60-49(48-59-61(55,56)58-46-45-52(3,4)5)47-57-50(53)43-41-39-37-35-33-31-29-27-23-21-19-17-15-13-11-9-7-2/h49H,6-48H2,1-5H3/t49-/m1/s1. The van der Waals surface area contributed by atoms with Crippen molar-refractivity contribution in [3.05, 3.63) is 0 Å². The molecule has 0 aliphatic carbocycles. The summed E-state index contributed by atoms with van der Waals surface area (Å²) in [5.74, 6) is -0.812. The van der Waals surface area contributed by atoms with E-state index in [9.17, 15) is 19.0 Å². The summed E-state index contributed by atoms with van der Waals surface area (Å²) in [4.78, 5) is 37.7. The Morgan fingerprint density at radius 2 is 0.738 bits per heavy atom. The van der Waals surface area contributed by atoms with Crippen LogP contribution in [0, 0.1) is 0 Å². The van der Waals surface area contributed by atoms with Gasteiger partial charge in [-0.05, 0) is 12.8 Å². The van der Waals surface area contributed by atoms with Crippen molar-refractivity contribution >= 4 is 19.8 Å². The van der Waals surface area contributed by atoms with E-state index >= 15 is 0 Å². The smallest absolute Gasteiger partial charge is 0.306 e. The van der Waals surface area contributed by atoms with Crippen molar-refractivity contribution in [3.63, 3.8) is 0 Å². The Morgan fingerprint density at radius 3 is 1.05 bits per heavy atom. The number of rotatable bonds is 49. The van der Waals surface area contributed by atoms with Crippen LogP contribution >= 0.6 is 7.82 Å². The van der Waals surface area contributed by atoms with Crippen molar-refractivity contribution in [2.24, 2.45) is 0 Å². The average Bonchev–Trinajstić information content (AvgIpc) is 3.21. The van der Waals surface area contributed by atoms with Gasteiger partial charge in [-0.25, -0.2) is 0 Å². The second-order valence-electron chi connectivity index (χ2n) is 19.3. The molecule has 0 rings (SSSR count). The third-order valence-corrected chi connectivity index (χ3v) is 12.8. The highest BCUT2D eigenvalue weighted by molar-refractivity contribution is 7.45. The van der Waals surface area contributed by atoms with Crippen LogP contribution in [-0.4, -0.2) is 70.0 Å². The van der Waals surface area contributed by atoms with Crippen LogP contribution in [0.4, 0.5) is 0 Å². The quantitative estimate of drug-likeness (QED) is 0.0257. The van der Waals surface area contributed by atoms with Crippen molar-refractivity contribution in [2.45, 2.75) is 270 Å². The predicted molar refractivity (Wildman–Crippen MR) is 255 cm³/mol. The van der Waals surface area contributed by atoms with Crippen molar-refractivity contribution in [1.29, 1.82) is 0 Å². The summed E-state index contributed by atoms with van der Waals surface area (Å²) in [5.41, 5.74) is 0. The minimum absolute atomic E-state index is 0.0253. The van der Waals surface area contributed by atoms with Gasteiger partial charge < -0.3 is 27.9 Å². The Morgan fingerprint density at radius 1 is 0.443 bits per heavy atom. The lowest BCUT2D eigenvalue weighted by molar-refractivity contribution is -0.870. The molecule has 1 unspecified atom stereocenters. The van der Waals surface area contributed by atoms with Gasteiger partial charge in [-0.1, -0.05) is 239 Å². The van der Waals surface area contributed by atoms with Gasteiger partial charge in [-0.3, -0.25) is 14.2 Å². The molecular weight excluding hydrogens is 786 g/mol. The Hall–Kier alpha value is -0.990. The van der Waals surface area contributed by atoms with Gasteiger partial charge in [0.25, 0.3) is 7.82 Å². The Bertz CT molecular complexity index is 1010. The van der Waals surface area contributed by atoms with Crippen LogP contribution in [0.15, 0.2) is 0 Å². The predicted octanol–water partition coefficient (Wildman–Crippen LogP) is 14.9. The summed E-state index contributed by atoms with van der Waals surface area (Å²) in [6.45, 7) is 4.30. The zero-order valence-corrected chi connectivity index (χ0v) is 42.0. The number of phosphoric acid groups is 1. The number of nitrogens with zero attached hydrogens (tertiary/aromatic N) is 1. The largest absolute Gasteiger partial charge is 0.756 e. The van der Waals surface area contributed by atoms with Crippen LogP contribution in [-0.2, 0) is 32.7 Å². The molecule has 0 saturated carbocycles. The minimum Gasteiger partial charge on any atom is -0.756 e. The van der Waals surface area contributed by atoms with Crippen molar-refractivity contribution in [2.75, 3.05) is 47.5 Å². The number of hydrogen-bond acceptors (Lipinski definition) is 8. The monoisotopic (exact) mass is 888 g/mol. The summed E-state index contributed by atoms with van der Waals surface area (Å²) in [6.07, 6.45) is 47.0. The number of phosphoric ester groups is 1. The molecule has 9 nitrogen and oxygen atoms in total. The van der Waals surface area contributed by atoms with Gasteiger partial charge in [-0.15, -0.1) is 0 Å². The Labute approximate surface area is 378 Å². The zero-order valence-electron chi connectivity index (χ0n) is 41.1. The number of carbonyl (C=O) groups is 2. The molecule has 0 aromatic carbocycles. The fourth-order valence-electron chi connectivity index (χ4n) is 7.78. The van der Waals surface area contributed by atoms with Crippen LogP contribution < -0.4 is 4.89 Å². The van der Waals surface area contributed by atoms with Crippen LogP contribution in [0.25, 0.3) is 0 Å². The van der Waals surface area contributed by atoms with E-state index < -0.39 is 26.5 Å². The number of unbranched alkanes of at least 4 members (excludes halogenated alkanes) is 35. The Kier molecular flexibility index (Phi) is 43.5. The SMILES string of the molecule is CCCCCCCCCCCCCCCCCCCCCCC(=O)O[C@H](COC(=O)CCCCCCCCCCCCCCCCCCC)COP(=O)([O-])OCC[N+](C)(C)C. The molecule has 0 radical (unpaired) electrons. The summed E-state index contributed by atoms with van der Waals surface area (Å²) in [7, 11) is 1.19. The highest BCUT2D eigenvalue weighted by Crippen LogP contribution is 2.38. The number of carbonyl (C=O) groups excluding carboxylic acids is 2.